The first-order chi connectivity index (χ1) is 11.6. The van der Waals surface area contributed by atoms with Gasteiger partial charge in [-0.05, 0) is 37.5 Å². The van der Waals surface area contributed by atoms with E-state index in [1.807, 2.05) is 30.0 Å². The van der Waals surface area contributed by atoms with E-state index >= 15 is 0 Å². The summed E-state index contributed by atoms with van der Waals surface area (Å²) < 4.78 is 0.960. The molecule has 0 saturated carbocycles. The third-order valence-electron chi connectivity index (χ3n) is 3.84. The molecule has 5 nitrogen and oxygen atoms in total. The van der Waals surface area contributed by atoms with Crippen molar-refractivity contribution in [2.24, 2.45) is 4.99 Å². The van der Waals surface area contributed by atoms with Crippen LogP contribution in [0.5, 0.6) is 0 Å². The summed E-state index contributed by atoms with van der Waals surface area (Å²) in [6.45, 7) is 5.84. The number of hydrogen-bond acceptors (Lipinski definition) is 2. The Kier molecular flexibility index (Phi) is 7.85. The maximum atomic E-state index is 11.6. The van der Waals surface area contributed by atoms with Crippen LogP contribution in [0.25, 0.3) is 0 Å². The van der Waals surface area contributed by atoms with Crippen LogP contribution in [0.3, 0.4) is 0 Å². The Balaban J connectivity index is 1.80. The molecule has 1 amide bonds. The first kappa shape index (κ1) is 19.1. The van der Waals surface area contributed by atoms with Crippen LogP contribution in [0.2, 0.25) is 5.02 Å². The molecule has 0 spiro atoms. The topological polar surface area (TPSA) is 56.7 Å². The zero-order valence-electron chi connectivity index (χ0n) is 13.9. The molecule has 2 N–H and O–H groups in total. The molecule has 2 rings (SSSR count). The molecule has 7 heteroatoms. The Morgan fingerprint density at radius 2 is 2.25 bits per heavy atom. The molecule has 0 bridgehead atoms. The molecule has 1 aromatic carbocycles. The van der Waals surface area contributed by atoms with Crippen LogP contribution in [0.4, 0.5) is 0 Å². The number of hydrogen-bond donors (Lipinski definition) is 2. The Morgan fingerprint density at radius 3 is 2.92 bits per heavy atom. The van der Waals surface area contributed by atoms with Crippen molar-refractivity contribution >= 4 is 39.4 Å². The zero-order valence-corrected chi connectivity index (χ0v) is 16.3. The summed E-state index contributed by atoms with van der Waals surface area (Å²) >= 11 is 9.63. The van der Waals surface area contributed by atoms with Crippen molar-refractivity contribution < 1.29 is 4.79 Å². The fraction of sp³-hybridized carbons (Fsp3) is 0.529. The number of nitrogens with zero attached hydrogens (tertiary/aromatic N) is 2. The molecule has 1 aliphatic rings. The van der Waals surface area contributed by atoms with Gasteiger partial charge >= 0.3 is 0 Å². The monoisotopic (exact) mass is 414 g/mol. The van der Waals surface area contributed by atoms with E-state index in [9.17, 15) is 4.79 Å². The Labute approximate surface area is 157 Å². The second-order valence-electron chi connectivity index (χ2n) is 5.70. The Hall–Kier alpha value is -1.27. The minimum absolute atomic E-state index is 0.278. The van der Waals surface area contributed by atoms with Gasteiger partial charge in [0.15, 0.2) is 5.96 Å². The van der Waals surface area contributed by atoms with Crippen molar-refractivity contribution in [3.8, 4) is 0 Å². The molecule has 0 radical (unpaired) electrons. The first-order valence-corrected chi connectivity index (χ1v) is 9.51. The predicted molar refractivity (Wildman–Crippen MR) is 102 cm³/mol. The molecule has 0 aromatic heterocycles. The average molecular weight is 416 g/mol. The molecule has 1 fully saturated rings. The van der Waals surface area contributed by atoms with Crippen molar-refractivity contribution in [3.05, 3.63) is 33.3 Å². The minimum atomic E-state index is 0.278. The van der Waals surface area contributed by atoms with E-state index in [4.69, 9.17) is 11.6 Å². The lowest BCUT2D eigenvalue weighted by atomic mass is 10.2. The number of likely N-dealkylation sites (tertiary alicyclic amines) is 1. The van der Waals surface area contributed by atoms with Crippen LogP contribution in [0.15, 0.2) is 27.7 Å². The van der Waals surface area contributed by atoms with Crippen LogP contribution in [0, 0.1) is 0 Å². The summed E-state index contributed by atoms with van der Waals surface area (Å²) in [5, 5.41) is 7.24. The molecule has 24 heavy (non-hydrogen) atoms. The van der Waals surface area contributed by atoms with Crippen LogP contribution < -0.4 is 10.6 Å². The van der Waals surface area contributed by atoms with Gasteiger partial charge in [0.05, 0.1) is 6.54 Å². The van der Waals surface area contributed by atoms with E-state index in [1.165, 1.54) is 0 Å². The molecule has 1 aliphatic heterocycles. The van der Waals surface area contributed by atoms with Crippen LogP contribution in [-0.2, 0) is 11.3 Å². The van der Waals surface area contributed by atoms with Crippen molar-refractivity contribution in [2.75, 3.05) is 26.2 Å². The highest BCUT2D eigenvalue weighted by atomic mass is 79.9. The number of carbonyl (C=O) groups is 1. The molecule has 132 valence electrons. The number of benzene rings is 1. The normalized spacial score (nSPS) is 15.0. The lowest BCUT2D eigenvalue weighted by molar-refractivity contribution is -0.127. The molecule has 1 heterocycles. The second kappa shape index (κ2) is 9.89. The van der Waals surface area contributed by atoms with Gasteiger partial charge in [0.2, 0.25) is 5.91 Å². The number of carbonyl (C=O) groups excluding carboxylic acids is 1. The minimum Gasteiger partial charge on any atom is -0.357 e. The van der Waals surface area contributed by atoms with Gasteiger partial charge in [-0.1, -0.05) is 33.6 Å². The van der Waals surface area contributed by atoms with Gasteiger partial charge in [-0.3, -0.25) is 4.79 Å². The number of rotatable bonds is 7. The fourth-order valence-electron chi connectivity index (χ4n) is 2.57. The van der Waals surface area contributed by atoms with Crippen LogP contribution in [-0.4, -0.2) is 42.9 Å². The van der Waals surface area contributed by atoms with Crippen molar-refractivity contribution in [2.45, 2.75) is 32.7 Å². The lowest BCUT2D eigenvalue weighted by Gasteiger charge is -2.16. The number of halogens is 2. The number of nitrogens with one attached hydrogen (secondary N) is 2. The second-order valence-corrected chi connectivity index (χ2v) is 7.02. The van der Waals surface area contributed by atoms with E-state index in [1.54, 1.807) is 0 Å². The number of amides is 1. The largest absolute Gasteiger partial charge is 0.357 e. The summed E-state index contributed by atoms with van der Waals surface area (Å²) in [5.41, 5.74) is 0.986. The van der Waals surface area contributed by atoms with Gasteiger partial charge in [-0.2, -0.15) is 0 Å². The van der Waals surface area contributed by atoms with Gasteiger partial charge in [-0.15, -0.1) is 0 Å². The highest BCUT2D eigenvalue weighted by Gasteiger charge is 2.18. The summed E-state index contributed by atoms with van der Waals surface area (Å²) in [6.07, 6.45) is 2.60. The average Bonchev–Trinajstić information content (AvgIpc) is 2.95. The van der Waals surface area contributed by atoms with E-state index in [0.717, 1.165) is 55.0 Å². The molecular formula is C17H24BrClN4O. The van der Waals surface area contributed by atoms with E-state index in [2.05, 4.69) is 31.6 Å². The summed E-state index contributed by atoms with van der Waals surface area (Å²) in [5.74, 6) is 1.05. The van der Waals surface area contributed by atoms with E-state index < -0.39 is 0 Å². The van der Waals surface area contributed by atoms with Gasteiger partial charge in [0, 0.05) is 42.1 Å². The molecule has 0 aliphatic carbocycles. The highest BCUT2D eigenvalue weighted by Crippen LogP contribution is 2.21. The molecule has 0 unspecified atom stereocenters. The zero-order chi connectivity index (χ0) is 17.4. The molecule has 1 aromatic rings. The van der Waals surface area contributed by atoms with Crippen molar-refractivity contribution in [3.63, 3.8) is 0 Å². The summed E-state index contributed by atoms with van der Waals surface area (Å²) in [6, 6.07) is 5.81. The maximum absolute atomic E-state index is 11.6. The quantitative estimate of drug-likeness (QED) is 0.408. The fourth-order valence-corrected chi connectivity index (χ4v) is 3.31. The Morgan fingerprint density at radius 1 is 1.42 bits per heavy atom. The number of guanidine groups is 1. The molecule has 1 saturated heterocycles. The predicted octanol–water partition coefficient (Wildman–Crippen LogP) is 3.17. The van der Waals surface area contributed by atoms with E-state index in [-0.39, 0.29) is 5.91 Å². The first-order valence-electron chi connectivity index (χ1n) is 8.34. The lowest BCUT2D eigenvalue weighted by Crippen LogP contribution is -2.39. The smallest absolute Gasteiger partial charge is 0.222 e. The number of aliphatic imine (C=N–C) groups is 1. The third-order valence-corrected chi connectivity index (χ3v) is 4.68. The highest BCUT2D eigenvalue weighted by molar-refractivity contribution is 9.10. The summed E-state index contributed by atoms with van der Waals surface area (Å²) in [7, 11) is 0. The summed E-state index contributed by atoms with van der Waals surface area (Å²) in [4.78, 5) is 18.1. The van der Waals surface area contributed by atoms with Crippen molar-refractivity contribution in [1.82, 2.24) is 15.5 Å². The van der Waals surface area contributed by atoms with Gasteiger partial charge in [0.25, 0.3) is 0 Å². The van der Waals surface area contributed by atoms with Gasteiger partial charge in [-0.25, -0.2) is 4.99 Å². The van der Waals surface area contributed by atoms with E-state index in [0.29, 0.717) is 18.0 Å². The Bertz CT molecular complexity index is 594. The van der Waals surface area contributed by atoms with Gasteiger partial charge in [0.1, 0.15) is 0 Å². The molecule has 0 atom stereocenters. The van der Waals surface area contributed by atoms with Crippen LogP contribution >= 0.6 is 27.5 Å². The van der Waals surface area contributed by atoms with Gasteiger partial charge < -0.3 is 15.5 Å². The van der Waals surface area contributed by atoms with Crippen molar-refractivity contribution in [1.29, 1.82) is 0 Å². The SMILES string of the molecule is CCNC(=NCc1ccc(Br)cc1Cl)NCCCN1CCCC1=O. The maximum Gasteiger partial charge on any atom is 0.222 e. The third kappa shape index (κ3) is 5.98. The standard InChI is InChI=1S/C17H24BrClN4O/c1-2-20-17(21-8-4-10-23-9-3-5-16(23)24)22-12-13-6-7-14(18)11-15(13)19/h6-7,11H,2-5,8-10,12H2,1H3,(H2,20,21,22). The molecular weight excluding hydrogens is 392 g/mol. The van der Waals surface area contributed by atoms with Crippen LogP contribution in [0.1, 0.15) is 31.7 Å².